The predicted octanol–water partition coefficient (Wildman–Crippen LogP) is 2.19. The summed E-state index contributed by atoms with van der Waals surface area (Å²) in [6, 6.07) is 4.91. The molecule has 2 atom stereocenters. The van der Waals surface area contributed by atoms with E-state index in [2.05, 4.69) is 40.9 Å². The van der Waals surface area contributed by atoms with E-state index in [4.69, 9.17) is 9.68 Å². The van der Waals surface area contributed by atoms with Gasteiger partial charge in [-0.05, 0) is 26.4 Å². The summed E-state index contributed by atoms with van der Waals surface area (Å²) in [5.74, 6) is 1.65. The fraction of sp³-hybridized carbons (Fsp3) is 0.706. The summed E-state index contributed by atoms with van der Waals surface area (Å²) < 4.78 is 5.68. The van der Waals surface area contributed by atoms with Crippen LogP contribution >= 0.6 is 0 Å². The lowest BCUT2D eigenvalue weighted by atomic mass is 10.1. The van der Waals surface area contributed by atoms with Crippen LogP contribution < -0.4 is 0 Å². The van der Waals surface area contributed by atoms with Crippen molar-refractivity contribution in [3.05, 3.63) is 17.8 Å². The third-order valence-electron chi connectivity index (χ3n) is 4.47. The number of hydrogen-bond donors (Lipinski definition) is 0. The zero-order valence-corrected chi connectivity index (χ0v) is 14.0. The molecule has 0 bridgehead atoms. The van der Waals surface area contributed by atoms with E-state index in [0.717, 1.165) is 44.1 Å². The Hall–Kier alpha value is -1.89. The van der Waals surface area contributed by atoms with Crippen LogP contribution in [0, 0.1) is 28.6 Å². The van der Waals surface area contributed by atoms with Crippen LogP contribution in [-0.4, -0.2) is 47.5 Å². The number of likely N-dealkylation sites (tertiary alicyclic amines) is 1. The molecular weight excluding hydrogens is 290 g/mol. The van der Waals surface area contributed by atoms with Crippen LogP contribution in [0.5, 0.6) is 0 Å². The maximum absolute atomic E-state index is 9.19. The van der Waals surface area contributed by atoms with Gasteiger partial charge in [-0.1, -0.05) is 6.92 Å². The Labute approximate surface area is 138 Å². The average Bonchev–Trinajstić information content (AvgIpc) is 3.20. The maximum atomic E-state index is 9.19. The van der Waals surface area contributed by atoms with Crippen molar-refractivity contribution in [1.29, 1.82) is 10.5 Å². The molecule has 6 heteroatoms. The Balaban J connectivity index is 1.79. The standard InChI is InChI=1S/C17H25N5O/c1-3-16-10-20-17(23-16)13-21(2)15-6-8-22(12-15)11-14(9-19)5-4-7-18/h10,14-15H,3-6,8,11-13H2,1-2H3. The molecule has 1 fully saturated rings. The molecule has 0 radical (unpaired) electrons. The van der Waals surface area contributed by atoms with Crippen molar-refractivity contribution in [2.24, 2.45) is 5.92 Å². The van der Waals surface area contributed by atoms with Crippen molar-refractivity contribution in [1.82, 2.24) is 14.8 Å². The highest BCUT2D eigenvalue weighted by molar-refractivity contribution is 4.95. The maximum Gasteiger partial charge on any atom is 0.208 e. The van der Waals surface area contributed by atoms with E-state index in [1.54, 1.807) is 6.20 Å². The van der Waals surface area contributed by atoms with Crippen molar-refractivity contribution in [3.63, 3.8) is 0 Å². The van der Waals surface area contributed by atoms with Crippen molar-refractivity contribution in [2.75, 3.05) is 26.7 Å². The normalized spacial score (nSPS) is 19.6. The fourth-order valence-corrected chi connectivity index (χ4v) is 3.01. The zero-order chi connectivity index (χ0) is 16.7. The van der Waals surface area contributed by atoms with Crippen LogP contribution in [0.25, 0.3) is 0 Å². The van der Waals surface area contributed by atoms with E-state index >= 15 is 0 Å². The molecule has 0 spiro atoms. The minimum atomic E-state index is -0.0439. The molecule has 6 nitrogen and oxygen atoms in total. The van der Waals surface area contributed by atoms with Gasteiger partial charge in [0.15, 0.2) is 0 Å². The van der Waals surface area contributed by atoms with Crippen molar-refractivity contribution >= 4 is 0 Å². The highest BCUT2D eigenvalue weighted by Gasteiger charge is 2.27. The lowest BCUT2D eigenvalue weighted by molar-refractivity contribution is 0.201. The fourth-order valence-electron chi connectivity index (χ4n) is 3.01. The van der Waals surface area contributed by atoms with E-state index in [1.165, 1.54) is 0 Å². The van der Waals surface area contributed by atoms with Gasteiger partial charge < -0.3 is 9.32 Å². The van der Waals surface area contributed by atoms with Gasteiger partial charge in [-0.25, -0.2) is 4.98 Å². The Morgan fingerprint density at radius 1 is 1.52 bits per heavy atom. The summed E-state index contributed by atoms with van der Waals surface area (Å²) >= 11 is 0. The van der Waals surface area contributed by atoms with E-state index in [1.807, 2.05) is 0 Å². The van der Waals surface area contributed by atoms with Gasteiger partial charge in [-0.2, -0.15) is 10.5 Å². The molecule has 2 unspecified atom stereocenters. The van der Waals surface area contributed by atoms with Gasteiger partial charge in [0.25, 0.3) is 0 Å². The van der Waals surface area contributed by atoms with Crippen LogP contribution in [0.15, 0.2) is 10.6 Å². The van der Waals surface area contributed by atoms with Crippen LogP contribution in [0.4, 0.5) is 0 Å². The SMILES string of the molecule is CCc1cnc(CN(C)C2CCN(CC(C#N)CCC#N)C2)o1. The number of oxazole rings is 1. The summed E-state index contributed by atoms with van der Waals surface area (Å²) in [4.78, 5) is 8.93. The third kappa shape index (κ3) is 5.06. The highest BCUT2D eigenvalue weighted by atomic mass is 16.4. The first-order chi connectivity index (χ1) is 11.2. The monoisotopic (exact) mass is 315 g/mol. The highest BCUT2D eigenvalue weighted by Crippen LogP contribution is 2.19. The summed E-state index contributed by atoms with van der Waals surface area (Å²) in [5.41, 5.74) is 0. The molecule has 2 rings (SSSR count). The third-order valence-corrected chi connectivity index (χ3v) is 4.47. The van der Waals surface area contributed by atoms with E-state index in [-0.39, 0.29) is 5.92 Å². The molecule has 0 aromatic carbocycles. The second-order valence-electron chi connectivity index (χ2n) is 6.21. The first kappa shape index (κ1) is 17.5. The van der Waals surface area contributed by atoms with Crippen molar-refractivity contribution < 1.29 is 4.42 Å². The molecule has 0 amide bonds. The van der Waals surface area contributed by atoms with Gasteiger partial charge in [-0.3, -0.25) is 4.90 Å². The van der Waals surface area contributed by atoms with Crippen molar-refractivity contribution in [2.45, 2.75) is 45.2 Å². The molecule has 1 aliphatic heterocycles. The number of nitrogens with zero attached hydrogens (tertiary/aromatic N) is 5. The Kier molecular flexibility index (Phi) is 6.58. The van der Waals surface area contributed by atoms with E-state index in [9.17, 15) is 5.26 Å². The predicted molar refractivity (Wildman–Crippen MR) is 86.1 cm³/mol. The zero-order valence-electron chi connectivity index (χ0n) is 14.0. The van der Waals surface area contributed by atoms with Crippen LogP contribution in [0.3, 0.4) is 0 Å². The largest absolute Gasteiger partial charge is 0.444 e. The summed E-state index contributed by atoms with van der Waals surface area (Å²) in [6.45, 7) is 5.50. The number of rotatable bonds is 8. The van der Waals surface area contributed by atoms with E-state index < -0.39 is 0 Å². The first-order valence-corrected chi connectivity index (χ1v) is 8.29. The quantitative estimate of drug-likeness (QED) is 0.731. The van der Waals surface area contributed by atoms with Gasteiger partial charge in [0.05, 0.1) is 30.8 Å². The molecule has 1 aromatic heterocycles. The molecule has 0 N–H and O–H groups in total. The minimum absolute atomic E-state index is 0.0439. The van der Waals surface area contributed by atoms with Gasteiger partial charge >= 0.3 is 0 Å². The second kappa shape index (κ2) is 8.67. The topological polar surface area (TPSA) is 80.1 Å². The molecular formula is C17H25N5O. The lowest BCUT2D eigenvalue weighted by Gasteiger charge is -2.24. The van der Waals surface area contributed by atoms with Gasteiger partial charge in [0.2, 0.25) is 5.89 Å². The summed E-state index contributed by atoms with van der Waals surface area (Å²) in [6.07, 6.45) is 4.89. The van der Waals surface area contributed by atoms with Gasteiger partial charge in [0, 0.05) is 32.0 Å². The van der Waals surface area contributed by atoms with Gasteiger partial charge in [0.1, 0.15) is 5.76 Å². The molecule has 23 heavy (non-hydrogen) atoms. The number of nitriles is 2. The Morgan fingerprint density at radius 3 is 3.00 bits per heavy atom. The van der Waals surface area contributed by atoms with Crippen LogP contribution in [0.1, 0.15) is 37.8 Å². The van der Waals surface area contributed by atoms with E-state index in [0.29, 0.717) is 25.4 Å². The molecule has 0 aliphatic carbocycles. The smallest absolute Gasteiger partial charge is 0.208 e. The Morgan fingerprint density at radius 2 is 2.35 bits per heavy atom. The lowest BCUT2D eigenvalue weighted by Crippen LogP contribution is -2.35. The van der Waals surface area contributed by atoms with Crippen molar-refractivity contribution in [3.8, 4) is 12.1 Å². The number of hydrogen-bond acceptors (Lipinski definition) is 6. The number of likely N-dealkylation sites (N-methyl/N-ethyl adjacent to an activating group) is 1. The summed E-state index contributed by atoms with van der Waals surface area (Å²) in [7, 11) is 2.10. The molecule has 1 aromatic rings. The summed E-state index contributed by atoms with van der Waals surface area (Å²) in [5, 5.41) is 17.8. The molecule has 0 saturated carbocycles. The molecule has 2 heterocycles. The molecule has 1 aliphatic rings. The van der Waals surface area contributed by atoms with Crippen LogP contribution in [-0.2, 0) is 13.0 Å². The molecule has 1 saturated heterocycles. The minimum Gasteiger partial charge on any atom is -0.444 e. The van der Waals surface area contributed by atoms with Crippen LogP contribution in [0.2, 0.25) is 0 Å². The second-order valence-corrected chi connectivity index (χ2v) is 6.21. The molecule has 124 valence electrons. The van der Waals surface area contributed by atoms with Gasteiger partial charge in [-0.15, -0.1) is 0 Å². The Bertz CT molecular complexity index is 570. The number of aryl methyl sites for hydroxylation is 1. The number of aromatic nitrogens is 1. The average molecular weight is 315 g/mol. The first-order valence-electron chi connectivity index (χ1n) is 8.29.